The molecule has 6 heteroatoms. The van der Waals surface area contributed by atoms with Gasteiger partial charge in [-0.1, -0.05) is 0 Å². The summed E-state index contributed by atoms with van der Waals surface area (Å²) in [6.45, 7) is 0. The fraction of sp³-hybridized carbons (Fsp3) is 0. The van der Waals surface area contributed by atoms with Crippen molar-refractivity contribution in [3.05, 3.63) is 0 Å². The van der Waals surface area contributed by atoms with Gasteiger partial charge in [-0.05, 0) is 0 Å². The van der Waals surface area contributed by atoms with Crippen LogP contribution in [0.25, 0.3) is 0 Å². The molecular weight excluding hydrogens is 80.8 g/mol. The molecule has 0 amide bonds. The van der Waals surface area contributed by atoms with E-state index in [0.717, 1.165) is 0 Å². The third kappa shape index (κ3) is 3.06. The van der Waals surface area contributed by atoms with E-state index in [0.29, 0.717) is 0 Å². The van der Waals surface area contributed by atoms with Crippen LogP contribution >= 0.6 is 0 Å². The maximum absolute atomic E-state index is 5.98. The summed E-state index contributed by atoms with van der Waals surface area (Å²) in [4.78, 5) is 0. The van der Waals surface area contributed by atoms with Crippen molar-refractivity contribution in [3.63, 3.8) is 0 Å². The Labute approximate surface area is 35.0 Å². The molecule has 0 aliphatic rings. The Morgan fingerprint density at radius 1 is 1.33 bits per heavy atom. The zero-order valence-electron chi connectivity index (χ0n) is 3.00. The van der Waals surface area contributed by atoms with Crippen LogP contribution in [0.1, 0.15) is 0 Å². The molecule has 0 saturated heterocycles. The molecule has 30 valence electrons. The van der Waals surface area contributed by atoms with Gasteiger partial charge in [-0.2, -0.15) is 0 Å². The number of rotatable bonds is 2. The van der Waals surface area contributed by atoms with Crippen LogP contribution in [0.15, 0.2) is 20.7 Å². The summed E-state index contributed by atoms with van der Waals surface area (Å²) in [5.74, 6) is 0. The predicted octanol–water partition coefficient (Wildman–Crippen LogP) is 0.384. The first-order valence-corrected chi connectivity index (χ1v) is 1.14. The summed E-state index contributed by atoms with van der Waals surface area (Å²) >= 11 is 0. The van der Waals surface area contributed by atoms with E-state index in [4.69, 9.17) is 5.53 Å². The second-order valence-corrected chi connectivity index (χ2v) is 0.420. The van der Waals surface area contributed by atoms with Gasteiger partial charge in [0.1, 0.15) is 0 Å². The van der Waals surface area contributed by atoms with Crippen LogP contribution in [0.3, 0.4) is 0 Å². The van der Waals surface area contributed by atoms with Crippen LogP contribution in [0.2, 0.25) is 0 Å². The van der Waals surface area contributed by atoms with E-state index in [2.05, 4.69) is 28.3 Å². The van der Waals surface area contributed by atoms with Gasteiger partial charge in [-0.25, -0.2) is 0 Å². The van der Waals surface area contributed by atoms with Gasteiger partial charge in [0.25, 0.3) is 0 Å². The third-order valence-corrected chi connectivity index (χ3v) is 0.148. The van der Waals surface area contributed by atoms with Crippen LogP contribution in [-0.2, 0) is 0 Å². The van der Waals surface area contributed by atoms with Gasteiger partial charge in [0.15, 0.2) is 0 Å². The van der Waals surface area contributed by atoms with Crippen molar-refractivity contribution in [2.45, 2.75) is 0 Å². The molecule has 0 fully saturated rings. The summed E-state index contributed by atoms with van der Waals surface area (Å²) in [5.41, 5.74) is 5.98. The SMILES string of the molecule is B=N/N=N/N=N. The van der Waals surface area contributed by atoms with E-state index in [1.54, 1.807) is 0 Å². The summed E-state index contributed by atoms with van der Waals surface area (Å²) in [6.07, 6.45) is 0. The molecule has 0 rings (SSSR count). The maximum atomic E-state index is 5.98. The van der Waals surface area contributed by atoms with Gasteiger partial charge in [0.2, 0.25) is 0 Å². The second kappa shape index (κ2) is 4.06. The van der Waals surface area contributed by atoms with Crippen LogP contribution in [0, 0.1) is 5.53 Å². The second-order valence-electron chi connectivity index (χ2n) is 0.420. The van der Waals surface area contributed by atoms with Crippen LogP contribution in [0.5, 0.6) is 0 Å². The normalized spacial score (nSPS) is 8.50. The third-order valence-electron chi connectivity index (χ3n) is 0.148. The van der Waals surface area contributed by atoms with E-state index >= 15 is 0 Å². The zero-order chi connectivity index (χ0) is 4.83. The minimum absolute atomic E-state index is 2.50. The minimum atomic E-state index is 2.50. The number of hydrogen-bond acceptors (Lipinski definition) is 2. The van der Waals surface area contributed by atoms with E-state index in [1.807, 2.05) is 0 Å². The quantitative estimate of drug-likeness (QED) is 0.284. The number of nitrogens with zero attached hydrogens (tertiary/aromatic N) is 4. The van der Waals surface area contributed by atoms with E-state index in [-0.39, 0.29) is 0 Å². The molecule has 0 spiro atoms. The molecular formula is H2BN5. The van der Waals surface area contributed by atoms with E-state index in [9.17, 15) is 0 Å². The van der Waals surface area contributed by atoms with E-state index < -0.39 is 0 Å². The van der Waals surface area contributed by atoms with Crippen LogP contribution < -0.4 is 0 Å². The first kappa shape index (κ1) is 5.06. The van der Waals surface area contributed by atoms with Crippen molar-refractivity contribution in [2.24, 2.45) is 20.7 Å². The Kier molecular flexibility index (Phi) is 3.43. The Hall–Kier alpha value is -0.935. The summed E-state index contributed by atoms with van der Waals surface area (Å²) < 4.78 is 0. The predicted molar refractivity (Wildman–Crippen MR) is 19.6 cm³/mol. The van der Waals surface area contributed by atoms with Gasteiger partial charge >= 0.3 is 33.8 Å². The molecule has 0 radical (unpaired) electrons. The van der Waals surface area contributed by atoms with Crippen molar-refractivity contribution in [1.82, 2.24) is 0 Å². The van der Waals surface area contributed by atoms with Crippen molar-refractivity contribution < 1.29 is 0 Å². The van der Waals surface area contributed by atoms with Gasteiger partial charge in [-0.15, -0.1) is 0 Å². The molecule has 0 unspecified atom stereocenters. The molecule has 0 aromatic rings. The summed E-state index contributed by atoms with van der Waals surface area (Å²) in [7, 11) is 2.94. The first-order chi connectivity index (χ1) is 2.91. The van der Waals surface area contributed by atoms with Gasteiger partial charge < -0.3 is 0 Å². The van der Waals surface area contributed by atoms with Crippen molar-refractivity contribution in [2.75, 3.05) is 0 Å². The van der Waals surface area contributed by atoms with Crippen molar-refractivity contribution in [1.29, 1.82) is 5.53 Å². The molecule has 1 N–H and O–H groups in total. The molecule has 0 saturated carbocycles. The average molecular weight is 82.9 g/mol. The summed E-state index contributed by atoms with van der Waals surface area (Å²) in [6, 6.07) is 0. The molecule has 5 nitrogen and oxygen atoms in total. The van der Waals surface area contributed by atoms with Gasteiger partial charge in [-0.3, -0.25) is 0 Å². The molecule has 0 aliphatic carbocycles. The Morgan fingerprint density at radius 2 is 2.00 bits per heavy atom. The number of hydrogen-bond donors (Lipinski definition) is 1. The first-order valence-electron chi connectivity index (χ1n) is 1.14. The standard InChI is InChI=1S/BH2N5/c1-3-5-6-4-2/h1-2H/b4-2?,6-5+. The molecule has 6 heavy (non-hydrogen) atoms. The Balaban J connectivity index is 3.17. The molecule has 0 aromatic heterocycles. The van der Waals surface area contributed by atoms with Crippen molar-refractivity contribution in [3.8, 4) is 0 Å². The molecule has 0 aliphatic heterocycles. The summed E-state index contributed by atoms with van der Waals surface area (Å²) in [5, 5.41) is 11.1. The Morgan fingerprint density at radius 3 is 2.17 bits per heavy atom. The van der Waals surface area contributed by atoms with E-state index in [1.165, 1.54) is 0 Å². The monoisotopic (exact) mass is 83.0 g/mol. The fourth-order valence-corrected chi connectivity index (χ4v) is 0.0483. The molecule has 0 atom stereocenters. The topological polar surface area (TPSA) is 73.3 Å². The Bertz CT molecular complexity index is 62.0. The fourth-order valence-electron chi connectivity index (χ4n) is 0.0483. The molecule has 0 heterocycles. The van der Waals surface area contributed by atoms with Gasteiger partial charge in [0, 0.05) is 0 Å². The molecule has 0 aromatic carbocycles. The van der Waals surface area contributed by atoms with Crippen molar-refractivity contribution >= 4 is 7.64 Å². The zero-order valence-corrected chi connectivity index (χ0v) is 3.00. The van der Waals surface area contributed by atoms with Gasteiger partial charge in [0.05, 0.1) is 0 Å². The molecule has 0 bridgehead atoms. The average Bonchev–Trinajstić information content (AvgIpc) is 1.61. The number of nitrogens with one attached hydrogen (secondary N) is 1. The van der Waals surface area contributed by atoms with Crippen LogP contribution in [-0.4, -0.2) is 7.64 Å². The van der Waals surface area contributed by atoms with Crippen LogP contribution in [0.4, 0.5) is 0 Å².